The molecule has 1 nitrogen and oxygen atoms in total. The second kappa shape index (κ2) is 23.2. The lowest BCUT2D eigenvalue weighted by Gasteiger charge is -2.27. The largest absolute Gasteiger partial charge is 0.311 e. The van der Waals surface area contributed by atoms with E-state index in [0.29, 0.717) is 11.8 Å². The second-order valence-corrected chi connectivity index (χ2v) is 18.3. The first-order chi connectivity index (χ1) is 34.4. The Balaban J connectivity index is 0.000000188. The van der Waals surface area contributed by atoms with Gasteiger partial charge in [-0.1, -0.05) is 259 Å². The summed E-state index contributed by atoms with van der Waals surface area (Å²) in [6.45, 7) is 6.34. The van der Waals surface area contributed by atoms with Crippen LogP contribution in [-0.4, -0.2) is 0 Å². The van der Waals surface area contributed by atoms with Gasteiger partial charge in [0.15, 0.2) is 0 Å². The minimum absolute atomic E-state index is 0.385. The van der Waals surface area contributed by atoms with E-state index in [1.54, 1.807) is 0 Å². The van der Waals surface area contributed by atoms with E-state index in [1.807, 2.05) is 12.1 Å². The summed E-state index contributed by atoms with van der Waals surface area (Å²) in [4.78, 5) is 2.37. The summed E-state index contributed by atoms with van der Waals surface area (Å²) in [6.07, 6.45) is 17.9. The molecule has 0 aromatic heterocycles. The van der Waals surface area contributed by atoms with Crippen molar-refractivity contribution < 1.29 is 0 Å². The average molecular weight is 904 g/mol. The van der Waals surface area contributed by atoms with E-state index in [9.17, 15) is 0 Å². The molecule has 0 spiro atoms. The zero-order valence-electron chi connectivity index (χ0n) is 40.6. The molecule has 11 rings (SSSR count). The third-order valence-electron chi connectivity index (χ3n) is 13.2. The van der Waals surface area contributed by atoms with Crippen molar-refractivity contribution in [3.8, 4) is 33.4 Å². The summed E-state index contributed by atoms with van der Waals surface area (Å²) in [5, 5.41) is 0. The molecule has 2 aliphatic rings. The van der Waals surface area contributed by atoms with E-state index >= 15 is 0 Å². The van der Waals surface area contributed by atoms with Crippen LogP contribution in [0.15, 0.2) is 279 Å². The van der Waals surface area contributed by atoms with Crippen LogP contribution in [0, 0.1) is 20.8 Å². The first-order valence-electron chi connectivity index (χ1n) is 24.6. The Hall–Kier alpha value is -8.26. The molecule has 0 saturated heterocycles. The monoisotopic (exact) mass is 903 g/mol. The third kappa shape index (κ3) is 12.2. The highest BCUT2D eigenvalue weighted by molar-refractivity contribution is 5.79. The molecule has 2 atom stereocenters. The van der Waals surface area contributed by atoms with Crippen LogP contribution in [0.25, 0.3) is 39.0 Å². The van der Waals surface area contributed by atoms with E-state index in [2.05, 4.69) is 293 Å². The molecule has 2 unspecified atom stereocenters. The molecule has 70 heavy (non-hydrogen) atoms. The highest BCUT2D eigenvalue weighted by atomic mass is 15.1. The lowest BCUT2D eigenvalue weighted by Crippen LogP contribution is -2.10. The number of hydrogen-bond donors (Lipinski definition) is 0. The zero-order chi connectivity index (χ0) is 47.9. The number of anilines is 3. The molecule has 0 radical (unpaired) electrons. The molecule has 0 N–H and O–H groups in total. The Kier molecular flexibility index (Phi) is 15.5. The van der Waals surface area contributed by atoms with Crippen LogP contribution in [0.3, 0.4) is 0 Å². The van der Waals surface area contributed by atoms with Crippen LogP contribution in [0.1, 0.15) is 58.1 Å². The van der Waals surface area contributed by atoms with Gasteiger partial charge in [0.25, 0.3) is 0 Å². The maximum atomic E-state index is 2.37. The van der Waals surface area contributed by atoms with E-state index in [0.717, 1.165) is 29.9 Å². The minimum atomic E-state index is 0.385. The summed E-state index contributed by atoms with van der Waals surface area (Å²) in [5.74, 6) is 0.825. The topological polar surface area (TPSA) is 3.24 Å². The molecule has 0 saturated carbocycles. The summed E-state index contributed by atoms with van der Waals surface area (Å²) in [6, 6.07) is 84.7. The average Bonchev–Trinajstić information content (AvgIpc) is 3.44. The summed E-state index contributed by atoms with van der Waals surface area (Å²) in [5.41, 5.74) is 20.2. The zero-order valence-corrected chi connectivity index (χ0v) is 40.6. The van der Waals surface area contributed by atoms with Crippen LogP contribution in [0.5, 0.6) is 0 Å². The van der Waals surface area contributed by atoms with Gasteiger partial charge in [-0.3, -0.25) is 0 Å². The molecule has 0 amide bonds. The number of benzene rings is 9. The molecule has 2 aliphatic carbocycles. The molecule has 342 valence electrons. The first-order valence-corrected chi connectivity index (χ1v) is 24.6. The van der Waals surface area contributed by atoms with Crippen LogP contribution in [0.2, 0.25) is 0 Å². The van der Waals surface area contributed by atoms with E-state index in [4.69, 9.17) is 0 Å². The SMILES string of the molecule is Cc1ccc(-c2ccc(N(c3ccc(C4C=CC=CC4)cc3)c3ccc(C4C=CC(c5ccccc5)=CC4)cc3)cc2)cc1.Cc1ccc(-c2ccccc2)cc1.Cc1ccc(-c2ccccc2)cc1. The van der Waals surface area contributed by atoms with Crippen molar-refractivity contribution in [2.24, 2.45) is 0 Å². The van der Waals surface area contributed by atoms with Crippen molar-refractivity contribution in [1.29, 1.82) is 0 Å². The number of allylic oxidation sites excluding steroid dienone is 8. The molecule has 0 bridgehead atoms. The summed E-state index contributed by atoms with van der Waals surface area (Å²) < 4.78 is 0. The van der Waals surface area contributed by atoms with E-state index in [-0.39, 0.29) is 0 Å². The Morgan fingerprint density at radius 2 is 0.657 bits per heavy atom. The van der Waals surface area contributed by atoms with Crippen LogP contribution >= 0.6 is 0 Å². The Morgan fingerprint density at radius 1 is 0.314 bits per heavy atom. The molecule has 0 fully saturated rings. The number of aryl methyl sites for hydroxylation is 3. The van der Waals surface area contributed by atoms with Gasteiger partial charge in [0.1, 0.15) is 0 Å². The van der Waals surface area contributed by atoms with Crippen molar-refractivity contribution in [1.82, 2.24) is 0 Å². The third-order valence-corrected chi connectivity index (χ3v) is 13.2. The quantitative estimate of drug-likeness (QED) is 0.139. The van der Waals surface area contributed by atoms with Gasteiger partial charge < -0.3 is 4.90 Å². The fraction of sp³-hybridized carbons (Fsp3) is 0.101. The number of hydrogen-bond acceptors (Lipinski definition) is 1. The first kappa shape index (κ1) is 46.8. The van der Waals surface area contributed by atoms with Crippen molar-refractivity contribution >= 4 is 22.6 Å². The van der Waals surface area contributed by atoms with Gasteiger partial charge in [0.2, 0.25) is 0 Å². The molecule has 0 heterocycles. The molecule has 0 aliphatic heterocycles. The Bertz CT molecular complexity index is 3060. The maximum absolute atomic E-state index is 2.37. The lowest BCUT2D eigenvalue weighted by molar-refractivity contribution is 0.853. The van der Waals surface area contributed by atoms with Crippen molar-refractivity contribution in [3.63, 3.8) is 0 Å². The molecule has 9 aromatic carbocycles. The standard InChI is InChI=1S/C43H37N.2C13H12/c1-32-12-14-35(15-13-32)39-22-28-42(29-23-39)44(41-26-20-38(21-27-41)34-10-6-3-7-11-34)43-30-24-40(25-31-43)37-18-16-36(17-19-37)33-8-4-2-5-9-33;2*1-11-7-9-13(10-8-11)12-5-3-2-4-6-12/h2-10,12-18,20-31,34,37H,11,19H2,1H3;2*2-10H,1H3. The predicted molar refractivity (Wildman–Crippen MR) is 301 cm³/mol. The van der Waals surface area contributed by atoms with Gasteiger partial charge in [0, 0.05) is 28.9 Å². The highest BCUT2D eigenvalue weighted by Gasteiger charge is 2.17. The van der Waals surface area contributed by atoms with Gasteiger partial charge in [-0.05, 0) is 126 Å². The van der Waals surface area contributed by atoms with Crippen LogP contribution in [0.4, 0.5) is 17.1 Å². The fourth-order valence-electron chi connectivity index (χ4n) is 9.03. The highest BCUT2D eigenvalue weighted by Crippen LogP contribution is 2.39. The number of nitrogens with zero attached hydrogens (tertiary/aromatic N) is 1. The van der Waals surface area contributed by atoms with Gasteiger partial charge in [-0.15, -0.1) is 0 Å². The van der Waals surface area contributed by atoms with E-state index in [1.165, 1.54) is 72.3 Å². The van der Waals surface area contributed by atoms with Crippen LogP contribution < -0.4 is 4.90 Å². The fourth-order valence-corrected chi connectivity index (χ4v) is 9.03. The summed E-state index contributed by atoms with van der Waals surface area (Å²) in [7, 11) is 0. The van der Waals surface area contributed by atoms with Gasteiger partial charge in [0.05, 0.1) is 0 Å². The van der Waals surface area contributed by atoms with Crippen molar-refractivity contribution in [2.45, 2.75) is 45.4 Å². The molecular formula is C69H61N. The Morgan fingerprint density at radius 3 is 1.01 bits per heavy atom. The second-order valence-electron chi connectivity index (χ2n) is 18.3. The van der Waals surface area contributed by atoms with Crippen molar-refractivity contribution in [2.75, 3.05) is 4.90 Å². The van der Waals surface area contributed by atoms with Gasteiger partial charge in [-0.25, -0.2) is 0 Å². The minimum Gasteiger partial charge on any atom is -0.311 e. The predicted octanol–water partition coefficient (Wildman–Crippen LogP) is 19.2. The molecule has 1 heteroatoms. The smallest absolute Gasteiger partial charge is 0.0462 e. The summed E-state index contributed by atoms with van der Waals surface area (Å²) >= 11 is 0. The van der Waals surface area contributed by atoms with Gasteiger partial charge >= 0.3 is 0 Å². The maximum Gasteiger partial charge on any atom is 0.0462 e. The lowest BCUT2D eigenvalue weighted by atomic mass is 9.88. The number of rotatable bonds is 9. The van der Waals surface area contributed by atoms with E-state index < -0.39 is 0 Å². The Labute approximate surface area is 416 Å². The van der Waals surface area contributed by atoms with Gasteiger partial charge in [-0.2, -0.15) is 0 Å². The molecule has 9 aromatic rings. The van der Waals surface area contributed by atoms with Crippen LogP contribution in [-0.2, 0) is 0 Å². The normalized spacial score (nSPS) is 14.6. The van der Waals surface area contributed by atoms with Crippen molar-refractivity contribution in [3.05, 3.63) is 313 Å². The molecular weight excluding hydrogens is 843 g/mol.